The molecule has 1 N–H and O–H groups in total. The summed E-state index contributed by atoms with van der Waals surface area (Å²) >= 11 is 0. The Balaban J connectivity index is 1.60. The van der Waals surface area contributed by atoms with Crippen molar-refractivity contribution in [1.82, 2.24) is 0 Å². The molecular weight excluding hydrogens is 354 g/mol. The van der Waals surface area contributed by atoms with Gasteiger partial charge in [0.15, 0.2) is 6.10 Å². The minimum Gasteiger partial charge on any atom is -0.497 e. The quantitative estimate of drug-likeness (QED) is 0.511. The molecule has 28 heavy (non-hydrogen) atoms. The van der Waals surface area contributed by atoms with Gasteiger partial charge in [-0.2, -0.15) is 0 Å². The molecule has 0 saturated heterocycles. The summed E-state index contributed by atoms with van der Waals surface area (Å²) in [6.07, 6.45) is 2.10. The number of ether oxygens (including phenoxy) is 2. The maximum absolute atomic E-state index is 12.2. The van der Waals surface area contributed by atoms with Gasteiger partial charge in [-0.1, -0.05) is 42.5 Å². The molecule has 0 radical (unpaired) electrons. The van der Waals surface area contributed by atoms with Crippen LogP contribution in [0.5, 0.6) is 5.75 Å². The molecule has 0 spiro atoms. The van der Waals surface area contributed by atoms with Gasteiger partial charge in [-0.15, -0.1) is 0 Å². The molecule has 0 fully saturated rings. The van der Waals surface area contributed by atoms with Gasteiger partial charge in [0.1, 0.15) is 5.75 Å². The van der Waals surface area contributed by atoms with Crippen molar-refractivity contribution < 1.29 is 19.1 Å². The smallest absolute Gasteiger partial charge is 0.331 e. The summed E-state index contributed by atoms with van der Waals surface area (Å²) in [6.45, 7) is 1.53. The highest BCUT2D eigenvalue weighted by atomic mass is 16.5. The Morgan fingerprint density at radius 2 is 1.68 bits per heavy atom. The molecule has 0 aliphatic carbocycles. The van der Waals surface area contributed by atoms with Gasteiger partial charge in [0.05, 0.1) is 7.11 Å². The van der Waals surface area contributed by atoms with Crippen molar-refractivity contribution in [2.45, 2.75) is 13.0 Å². The first kappa shape index (κ1) is 19.2. The lowest BCUT2D eigenvalue weighted by molar-refractivity contribution is -0.148. The van der Waals surface area contributed by atoms with Crippen molar-refractivity contribution in [2.24, 2.45) is 0 Å². The number of amides is 1. The Bertz CT molecular complexity index is 1000. The van der Waals surface area contributed by atoms with Crippen molar-refractivity contribution in [3.63, 3.8) is 0 Å². The Labute approximate surface area is 163 Å². The van der Waals surface area contributed by atoms with Gasteiger partial charge in [-0.3, -0.25) is 4.79 Å². The van der Waals surface area contributed by atoms with Crippen LogP contribution in [0.3, 0.4) is 0 Å². The molecule has 0 aromatic heterocycles. The van der Waals surface area contributed by atoms with Crippen molar-refractivity contribution in [1.29, 1.82) is 0 Å². The van der Waals surface area contributed by atoms with Crippen LogP contribution in [0, 0.1) is 0 Å². The van der Waals surface area contributed by atoms with Gasteiger partial charge in [0, 0.05) is 11.8 Å². The minimum absolute atomic E-state index is 0.405. The number of esters is 1. The maximum Gasteiger partial charge on any atom is 0.331 e. The molecule has 0 heterocycles. The Kier molecular flexibility index (Phi) is 6.07. The third kappa shape index (κ3) is 4.76. The van der Waals surface area contributed by atoms with E-state index < -0.39 is 18.0 Å². The van der Waals surface area contributed by atoms with Crippen molar-refractivity contribution in [2.75, 3.05) is 12.4 Å². The first-order valence-electron chi connectivity index (χ1n) is 8.88. The summed E-state index contributed by atoms with van der Waals surface area (Å²) in [5, 5.41) is 4.83. The van der Waals surface area contributed by atoms with Crippen LogP contribution in [0.15, 0.2) is 72.8 Å². The van der Waals surface area contributed by atoms with Gasteiger partial charge >= 0.3 is 5.97 Å². The highest BCUT2D eigenvalue weighted by Gasteiger charge is 2.16. The van der Waals surface area contributed by atoms with E-state index in [1.807, 2.05) is 42.5 Å². The third-order valence-corrected chi connectivity index (χ3v) is 4.24. The highest BCUT2D eigenvalue weighted by molar-refractivity contribution is 5.98. The lowest BCUT2D eigenvalue weighted by Crippen LogP contribution is -2.29. The van der Waals surface area contributed by atoms with Crippen LogP contribution in [-0.2, 0) is 14.3 Å². The van der Waals surface area contributed by atoms with E-state index >= 15 is 0 Å². The number of fused-ring (bicyclic) bond motifs is 1. The second-order valence-electron chi connectivity index (χ2n) is 6.20. The zero-order valence-electron chi connectivity index (χ0n) is 15.7. The summed E-state index contributed by atoms with van der Waals surface area (Å²) < 4.78 is 10.3. The lowest BCUT2D eigenvalue weighted by atomic mass is 10.0. The number of carbonyl (C=O) groups excluding carboxylic acids is 2. The summed E-state index contributed by atoms with van der Waals surface area (Å²) in [5.41, 5.74) is 1.50. The highest BCUT2D eigenvalue weighted by Crippen LogP contribution is 2.20. The van der Waals surface area contributed by atoms with Crippen LogP contribution in [0.25, 0.3) is 16.8 Å². The first-order valence-corrected chi connectivity index (χ1v) is 8.88. The summed E-state index contributed by atoms with van der Waals surface area (Å²) in [5.74, 6) is -0.293. The number of benzene rings is 3. The molecule has 3 rings (SSSR count). The fraction of sp³-hybridized carbons (Fsp3) is 0.130. The molecule has 0 aliphatic rings. The SMILES string of the molecule is COc1ccc(NC(=O)[C@@H](C)OC(=O)/C=C/c2cccc3ccccc23)cc1. The molecule has 5 nitrogen and oxygen atoms in total. The standard InChI is InChI=1S/C23H21NO4/c1-16(23(26)24-19-11-13-20(27-2)14-12-19)28-22(25)15-10-18-8-5-7-17-6-3-4-9-21(17)18/h3-16H,1-2H3,(H,24,26)/b15-10+/t16-/m1/s1. The molecule has 0 unspecified atom stereocenters. The molecule has 142 valence electrons. The Hall–Kier alpha value is -3.60. The van der Waals surface area contributed by atoms with Gasteiger partial charge in [-0.25, -0.2) is 4.79 Å². The zero-order valence-corrected chi connectivity index (χ0v) is 15.7. The van der Waals surface area contributed by atoms with E-state index in [0.717, 1.165) is 16.3 Å². The van der Waals surface area contributed by atoms with Crippen LogP contribution in [0.4, 0.5) is 5.69 Å². The number of hydrogen-bond acceptors (Lipinski definition) is 4. The molecule has 3 aromatic rings. The number of rotatable bonds is 6. The molecule has 0 aliphatic heterocycles. The molecule has 3 aromatic carbocycles. The van der Waals surface area contributed by atoms with Crippen LogP contribution < -0.4 is 10.1 Å². The molecule has 1 atom stereocenters. The molecule has 1 amide bonds. The monoisotopic (exact) mass is 375 g/mol. The largest absolute Gasteiger partial charge is 0.497 e. The minimum atomic E-state index is -0.924. The van der Waals surface area contributed by atoms with Gasteiger partial charge in [0.2, 0.25) is 0 Å². The second-order valence-corrected chi connectivity index (χ2v) is 6.20. The lowest BCUT2D eigenvalue weighted by Gasteiger charge is -2.12. The number of carbonyl (C=O) groups is 2. The molecule has 0 saturated carbocycles. The predicted octanol–water partition coefficient (Wildman–Crippen LogP) is 4.43. The van der Waals surface area contributed by atoms with Crippen LogP contribution in [-0.4, -0.2) is 25.1 Å². The summed E-state index contributed by atoms with van der Waals surface area (Å²) in [7, 11) is 1.57. The average molecular weight is 375 g/mol. The summed E-state index contributed by atoms with van der Waals surface area (Å²) in [4.78, 5) is 24.3. The average Bonchev–Trinajstić information content (AvgIpc) is 2.72. The van der Waals surface area contributed by atoms with Crippen molar-refractivity contribution in [3.8, 4) is 5.75 Å². The number of anilines is 1. The van der Waals surface area contributed by atoms with E-state index in [0.29, 0.717) is 11.4 Å². The summed E-state index contributed by atoms with van der Waals surface area (Å²) in [6, 6.07) is 20.7. The van der Waals surface area contributed by atoms with E-state index in [1.54, 1.807) is 37.5 Å². The van der Waals surface area contributed by atoms with Crippen molar-refractivity contribution in [3.05, 3.63) is 78.4 Å². The van der Waals surface area contributed by atoms with Crippen LogP contribution in [0.1, 0.15) is 12.5 Å². The third-order valence-electron chi connectivity index (χ3n) is 4.24. The normalized spacial score (nSPS) is 11.9. The van der Waals surface area contributed by atoms with E-state index in [9.17, 15) is 9.59 Å². The van der Waals surface area contributed by atoms with E-state index in [-0.39, 0.29) is 0 Å². The van der Waals surface area contributed by atoms with Gasteiger partial charge < -0.3 is 14.8 Å². The number of methoxy groups -OCH3 is 1. The Morgan fingerprint density at radius 1 is 0.964 bits per heavy atom. The molecule has 0 bridgehead atoms. The van der Waals surface area contributed by atoms with Crippen molar-refractivity contribution >= 4 is 34.4 Å². The Morgan fingerprint density at radius 3 is 2.43 bits per heavy atom. The zero-order chi connectivity index (χ0) is 19.9. The fourth-order valence-electron chi connectivity index (χ4n) is 2.74. The van der Waals surface area contributed by atoms with E-state index in [1.165, 1.54) is 13.0 Å². The van der Waals surface area contributed by atoms with Gasteiger partial charge in [-0.05, 0) is 53.6 Å². The fourth-order valence-corrected chi connectivity index (χ4v) is 2.74. The topological polar surface area (TPSA) is 64.6 Å². The molecule has 5 heteroatoms. The maximum atomic E-state index is 12.2. The number of nitrogens with one attached hydrogen (secondary N) is 1. The van der Waals surface area contributed by atoms with Crippen LogP contribution >= 0.6 is 0 Å². The van der Waals surface area contributed by atoms with E-state index in [2.05, 4.69) is 5.32 Å². The predicted molar refractivity (Wildman–Crippen MR) is 110 cm³/mol. The second kappa shape index (κ2) is 8.86. The first-order chi connectivity index (χ1) is 13.6. The molecular formula is C23H21NO4. The van der Waals surface area contributed by atoms with Crippen LogP contribution in [0.2, 0.25) is 0 Å². The van der Waals surface area contributed by atoms with Gasteiger partial charge in [0.25, 0.3) is 5.91 Å². The van der Waals surface area contributed by atoms with E-state index in [4.69, 9.17) is 9.47 Å². The number of hydrogen-bond donors (Lipinski definition) is 1.